The number of aromatic nitrogens is 4. The Morgan fingerprint density at radius 3 is 2.68 bits per heavy atom. The lowest BCUT2D eigenvalue weighted by Gasteiger charge is -2.08. The molecule has 0 unspecified atom stereocenters. The van der Waals surface area contributed by atoms with Gasteiger partial charge in [0.1, 0.15) is 0 Å². The van der Waals surface area contributed by atoms with Crippen LogP contribution >= 0.6 is 0 Å². The molecule has 19 heavy (non-hydrogen) atoms. The molecule has 0 amide bonds. The van der Waals surface area contributed by atoms with Crippen molar-refractivity contribution in [2.24, 2.45) is 0 Å². The van der Waals surface area contributed by atoms with E-state index in [-0.39, 0.29) is 5.69 Å². The molecule has 3 rings (SSSR count). The Bertz CT molecular complexity index is 785. The molecule has 0 saturated carbocycles. The van der Waals surface area contributed by atoms with Crippen LogP contribution < -0.4 is 11.0 Å². The van der Waals surface area contributed by atoms with Crippen LogP contribution in [0.1, 0.15) is 11.3 Å². The summed E-state index contributed by atoms with van der Waals surface area (Å²) >= 11 is 0. The van der Waals surface area contributed by atoms with Gasteiger partial charge in [0, 0.05) is 17.4 Å². The molecule has 0 aliphatic rings. The molecular weight excluding hydrogens is 242 g/mol. The van der Waals surface area contributed by atoms with Gasteiger partial charge in [0.25, 0.3) is 0 Å². The van der Waals surface area contributed by atoms with Crippen LogP contribution in [0.5, 0.6) is 0 Å². The van der Waals surface area contributed by atoms with Gasteiger partial charge in [-0.1, -0.05) is 17.7 Å². The lowest BCUT2D eigenvalue weighted by Crippen LogP contribution is -2.14. The Labute approximate surface area is 109 Å². The molecule has 0 aliphatic heterocycles. The number of benzene rings is 1. The van der Waals surface area contributed by atoms with Crippen molar-refractivity contribution in [3.05, 3.63) is 52.1 Å². The molecule has 0 atom stereocenters. The first kappa shape index (κ1) is 11.5. The summed E-state index contributed by atoms with van der Waals surface area (Å²) in [5, 5.41) is 9.49. The van der Waals surface area contributed by atoms with Crippen molar-refractivity contribution in [1.29, 1.82) is 0 Å². The van der Waals surface area contributed by atoms with Crippen LogP contribution in [0.25, 0.3) is 5.65 Å². The first-order valence-electron chi connectivity index (χ1n) is 5.92. The highest BCUT2D eigenvalue weighted by Crippen LogP contribution is 2.15. The molecule has 0 bridgehead atoms. The third-order valence-electron chi connectivity index (χ3n) is 2.84. The average molecular weight is 255 g/mol. The first-order chi connectivity index (χ1) is 9.13. The van der Waals surface area contributed by atoms with Gasteiger partial charge in [-0.15, -0.1) is 0 Å². The molecule has 2 N–H and O–H groups in total. The van der Waals surface area contributed by atoms with Crippen molar-refractivity contribution in [2.45, 2.75) is 13.8 Å². The number of hydrogen-bond donors (Lipinski definition) is 2. The van der Waals surface area contributed by atoms with Crippen LogP contribution in [-0.4, -0.2) is 19.6 Å². The van der Waals surface area contributed by atoms with Gasteiger partial charge < -0.3 is 5.32 Å². The Morgan fingerprint density at radius 1 is 1.21 bits per heavy atom. The summed E-state index contributed by atoms with van der Waals surface area (Å²) in [6, 6.07) is 9.62. The van der Waals surface area contributed by atoms with Gasteiger partial charge in [0.15, 0.2) is 5.65 Å². The molecule has 3 aromatic rings. The maximum atomic E-state index is 11.7. The van der Waals surface area contributed by atoms with Gasteiger partial charge in [-0.3, -0.25) is 0 Å². The second-order valence-corrected chi connectivity index (χ2v) is 4.43. The van der Waals surface area contributed by atoms with Crippen molar-refractivity contribution >= 4 is 17.3 Å². The fraction of sp³-hybridized carbons (Fsp3) is 0.154. The standard InChI is InChI=1S/C13H13N5O/c1-8-3-5-10(6-4-8)15-12-14-9(2)7-11-16-17-13(19)18(11)12/h3-7H,1-2H3,(H,14,15)(H,17,19). The molecule has 1 aromatic carbocycles. The van der Waals surface area contributed by atoms with Crippen LogP contribution in [0, 0.1) is 13.8 Å². The van der Waals surface area contributed by atoms with Gasteiger partial charge in [-0.05, 0) is 26.0 Å². The van der Waals surface area contributed by atoms with E-state index in [2.05, 4.69) is 20.5 Å². The predicted octanol–water partition coefficient (Wildman–Crippen LogP) is 1.78. The Kier molecular flexibility index (Phi) is 2.56. The smallest absolute Gasteiger partial charge is 0.325 e. The van der Waals surface area contributed by atoms with E-state index < -0.39 is 0 Å². The summed E-state index contributed by atoms with van der Waals surface area (Å²) in [4.78, 5) is 16.1. The summed E-state index contributed by atoms with van der Waals surface area (Å²) in [5.74, 6) is 0.456. The molecular formula is C13H13N5O. The fourth-order valence-corrected chi connectivity index (χ4v) is 1.90. The van der Waals surface area contributed by atoms with Gasteiger partial charge >= 0.3 is 5.69 Å². The molecule has 6 nitrogen and oxygen atoms in total. The topological polar surface area (TPSA) is 75.1 Å². The summed E-state index contributed by atoms with van der Waals surface area (Å²) in [6.45, 7) is 3.88. The molecule has 0 radical (unpaired) electrons. The zero-order valence-corrected chi connectivity index (χ0v) is 10.6. The molecule has 96 valence electrons. The number of nitrogens with zero attached hydrogens (tertiary/aromatic N) is 3. The Hall–Kier alpha value is -2.63. The largest absolute Gasteiger partial charge is 0.350 e. The normalized spacial score (nSPS) is 10.8. The average Bonchev–Trinajstić information content (AvgIpc) is 2.74. The van der Waals surface area contributed by atoms with Crippen LogP contribution in [0.3, 0.4) is 0 Å². The minimum Gasteiger partial charge on any atom is -0.325 e. The van der Waals surface area contributed by atoms with Gasteiger partial charge in [-0.25, -0.2) is 19.3 Å². The zero-order valence-electron chi connectivity index (χ0n) is 10.6. The van der Waals surface area contributed by atoms with Gasteiger partial charge in [-0.2, -0.15) is 5.10 Å². The molecule has 0 spiro atoms. The van der Waals surface area contributed by atoms with E-state index in [1.165, 1.54) is 9.96 Å². The third kappa shape index (κ3) is 2.08. The SMILES string of the molecule is Cc1ccc(Nc2nc(C)cc3n[nH]c(=O)n23)cc1. The summed E-state index contributed by atoms with van der Waals surface area (Å²) in [6.07, 6.45) is 0. The second-order valence-electron chi connectivity index (χ2n) is 4.43. The highest BCUT2D eigenvalue weighted by Gasteiger charge is 2.08. The number of aryl methyl sites for hydroxylation is 2. The van der Waals surface area contributed by atoms with E-state index in [1.54, 1.807) is 6.07 Å². The number of hydrogen-bond acceptors (Lipinski definition) is 4. The van der Waals surface area contributed by atoms with Crippen molar-refractivity contribution in [3.63, 3.8) is 0 Å². The van der Waals surface area contributed by atoms with E-state index in [0.29, 0.717) is 11.6 Å². The van der Waals surface area contributed by atoms with Crippen molar-refractivity contribution < 1.29 is 0 Å². The van der Waals surface area contributed by atoms with Crippen LogP contribution in [0.4, 0.5) is 11.6 Å². The van der Waals surface area contributed by atoms with Gasteiger partial charge in [0.2, 0.25) is 5.95 Å². The van der Waals surface area contributed by atoms with Crippen molar-refractivity contribution in [3.8, 4) is 0 Å². The van der Waals surface area contributed by atoms with E-state index in [0.717, 1.165) is 11.4 Å². The quantitative estimate of drug-likeness (QED) is 0.732. The first-order valence-corrected chi connectivity index (χ1v) is 5.92. The highest BCUT2D eigenvalue weighted by atomic mass is 16.1. The molecule has 2 aromatic heterocycles. The summed E-state index contributed by atoms with van der Waals surface area (Å²) < 4.78 is 1.41. The van der Waals surface area contributed by atoms with E-state index in [1.807, 2.05) is 38.1 Å². The number of rotatable bonds is 2. The number of H-pyrrole nitrogens is 1. The van der Waals surface area contributed by atoms with Crippen molar-refractivity contribution in [1.82, 2.24) is 19.6 Å². The Morgan fingerprint density at radius 2 is 1.95 bits per heavy atom. The fourth-order valence-electron chi connectivity index (χ4n) is 1.90. The Balaban J connectivity index is 2.11. The number of aromatic amines is 1. The van der Waals surface area contributed by atoms with Crippen molar-refractivity contribution in [2.75, 3.05) is 5.32 Å². The lowest BCUT2D eigenvalue weighted by atomic mass is 10.2. The summed E-state index contributed by atoms with van der Waals surface area (Å²) in [5.41, 5.74) is 3.08. The van der Waals surface area contributed by atoms with Crippen LogP contribution in [-0.2, 0) is 0 Å². The minimum atomic E-state index is -0.308. The van der Waals surface area contributed by atoms with E-state index in [4.69, 9.17) is 0 Å². The van der Waals surface area contributed by atoms with Gasteiger partial charge in [0.05, 0.1) is 0 Å². The van der Waals surface area contributed by atoms with E-state index >= 15 is 0 Å². The maximum absolute atomic E-state index is 11.7. The summed E-state index contributed by atoms with van der Waals surface area (Å²) in [7, 11) is 0. The predicted molar refractivity (Wildman–Crippen MR) is 72.8 cm³/mol. The van der Waals surface area contributed by atoms with Crippen LogP contribution in [0.2, 0.25) is 0 Å². The third-order valence-corrected chi connectivity index (χ3v) is 2.84. The zero-order chi connectivity index (χ0) is 13.4. The molecule has 0 aliphatic carbocycles. The maximum Gasteiger partial charge on any atom is 0.350 e. The highest BCUT2D eigenvalue weighted by molar-refractivity contribution is 5.57. The lowest BCUT2D eigenvalue weighted by molar-refractivity contribution is 0.992. The van der Waals surface area contributed by atoms with E-state index in [9.17, 15) is 4.79 Å². The minimum absolute atomic E-state index is 0.308. The monoisotopic (exact) mass is 255 g/mol. The number of fused-ring (bicyclic) bond motifs is 1. The number of nitrogens with one attached hydrogen (secondary N) is 2. The molecule has 0 fully saturated rings. The molecule has 2 heterocycles. The second kappa shape index (κ2) is 4.24. The number of anilines is 2. The van der Waals surface area contributed by atoms with Crippen LogP contribution in [0.15, 0.2) is 35.1 Å². The molecule has 0 saturated heterocycles. The molecule has 6 heteroatoms.